The minimum Gasteiger partial charge on any atom is -0.481 e. The lowest BCUT2D eigenvalue weighted by atomic mass is 10.1. The number of aliphatic hydroxyl groups excluding tert-OH is 1. The van der Waals surface area contributed by atoms with Crippen LogP contribution in [0, 0.1) is 0 Å². The molecule has 24 heavy (non-hydrogen) atoms. The predicted octanol–water partition coefficient (Wildman–Crippen LogP) is -3.30. The SMILES string of the molecule is N[C@@H](CO)C(=O)N[C@@H](CCC(=O)O)C(=O)N[C@@H](CC(=O)O)C(=O)O. The maximum absolute atomic E-state index is 12.0. The molecule has 136 valence electrons. The normalized spacial score (nSPS) is 14.1. The van der Waals surface area contributed by atoms with Crippen LogP contribution in [0.15, 0.2) is 0 Å². The van der Waals surface area contributed by atoms with Gasteiger partial charge < -0.3 is 36.8 Å². The van der Waals surface area contributed by atoms with E-state index in [9.17, 15) is 24.0 Å². The third-order valence-corrected chi connectivity index (χ3v) is 2.81. The van der Waals surface area contributed by atoms with Crippen LogP contribution >= 0.6 is 0 Å². The zero-order valence-electron chi connectivity index (χ0n) is 12.5. The number of hydrogen-bond acceptors (Lipinski definition) is 7. The molecular formula is C12H19N3O9. The van der Waals surface area contributed by atoms with Gasteiger partial charge in [-0.25, -0.2) is 4.79 Å². The fraction of sp³-hybridized carbons (Fsp3) is 0.583. The minimum absolute atomic E-state index is 0.384. The highest BCUT2D eigenvalue weighted by Crippen LogP contribution is 2.02. The number of hydrogen-bond donors (Lipinski definition) is 7. The molecule has 0 saturated heterocycles. The lowest BCUT2D eigenvalue weighted by Crippen LogP contribution is -2.55. The molecule has 0 aromatic heterocycles. The van der Waals surface area contributed by atoms with Crippen molar-refractivity contribution in [3.05, 3.63) is 0 Å². The molecule has 0 aromatic carbocycles. The van der Waals surface area contributed by atoms with Gasteiger partial charge in [-0.15, -0.1) is 0 Å². The van der Waals surface area contributed by atoms with Crippen molar-refractivity contribution in [3.8, 4) is 0 Å². The highest BCUT2D eigenvalue weighted by Gasteiger charge is 2.29. The number of carboxylic acid groups (broad SMARTS) is 3. The number of nitrogens with one attached hydrogen (secondary N) is 2. The Hall–Kier alpha value is -2.73. The molecule has 0 rings (SSSR count). The largest absolute Gasteiger partial charge is 0.481 e. The number of aliphatic hydroxyl groups is 1. The van der Waals surface area contributed by atoms with E-state index in [-0.39, 0.29) is 6.42 Å². The first-order chi connectivity index (χ1) is 11.1. The summed E-state index contributed by atoms with van der Waals surface area (Å²) in [5.74, 6) is -6.39. The van der Waals surface area contributed by atoms with Gasteiger partial charge in [0.05, 0.1) is 13.0 Å². The summed E-state index contributed by atoms with van der Waals surface area (Å²) in [6, 6.07) is -4.58. The Bertz CT molecular complexity index is 508. The Morgan fingerprint density at radius 1 is 0.875 bits per heavy atom. The molecule has 0 aliphatic carbocycles. The summed E-state index contributed by atoms with van der Waals surface area (Å²) < 4.78 is 0. The van der Waals surface area contributed by atoms with Gasteiger partial charge in [0.2, 0.25) is 11.8 Å². The fourth-order valence-corrected chi connectivity index (χ4v) is 1.55. The number of nitrogens with two attached hydrogens (primary N) is 1. The Morgan fingerprint density at radius 2 is 1.42 bits per heavy atom. The van der Waals surface area contributed by atoms with Gasteiger partial charge in [0.25, 0.3) is 0 Å². The molecule has 0 saturated carbocycles. The lowest BCUT2D eigenvalue weighted by molar-refractivity contribution is -0.147. The van der Waals surface area contributed by atoms with Crippen molar-refractivity contribution in [1.82, 2.24) is 10.6 Å². The van der Waals surface area contributed by atoms with E-state index in [1.54, 1.807) is 0 Å². The van der Waals surface area contributed by atoms with Crippen LogP contribution in [-0.2, 0) is 24.0 Å². The van der Waals surface area contributed by atoms with Crippen molar-refractivity contribution in [3.63, 3.8) is 0 Å². The number of carbonyl (C=O) groups is 5. The summed E-state index contributed by atoms with van der Waals surface area (Å²) in [6.45, 7) is -0.726. The molecule has 0 aromatic rings. The van der Waals surface area contributed by atoms with E-state index in [1.807, 2.05) is 5.32 Å². The molecule has 3 atom stereocenters. The molecule has 0 aliphatic heterocycles. The molecule has 12 nitrogen and oxygen atoms in total. The molecule has 8 N–H and O–H groups in total. The van der Waals surface area contributed by atoms with Crippen LogP contribution in [-0.4, -0.2) is 74.9 Å². The number of aliphatic carboxylic acids is 3. The van der Waals surface area contributed by atoms with Gasteiger partial charge in [-0.3, -0.25) is 19.2 Å². The molecular weight excluding hydrogens is 330 g/mol. The van der Waals surface area contributed by atoms with Crippen LogP contribution in [0.2, 0.25) is 0 Å². The highest BCUT2D eigenvalue weighted by atomic mass is 16.4. The molecule has 0 spiro atoms. The summed E-state index contributed by atoms with van der Waals surface area (Å²) in [5, 5.41) is 38.9. The summed E-state index contributed by atoms with van der Waals surface area (Å²) in [4.78, 5) is 55.7. The molecule has 0 heterocycles. The number of carboxylic acids is 3. The quantitative estimate of drug-likeness (QED) is 0.197. The van der Waals surface area contributed by atoms with Crippen molar-refractivity contribution >= 4 is 29.7 Å². The van der Waals surface area contributed by atoms with E-state index in [0.717, 1.165) is 0 Å². The summed E-state index contributed by atoms with van der Waals surface area (Å²) in [6.07, 6.45) is -1.81. The Morgan fingerprint density at radius 3 is 1.83 bits per heavy atom. The Kier molecular flexibility index (Phi) is 8.97. The van der Waals surface area contributed by atoms with Crippen molar-refractivity contribution in [2.24, 2.45) is 5.73 Å². The van der Waals surface area contributed by atoms with Crippen molar-refractivity contribution < 1.29 is 44.4 Å². The average molecular weight is 349 g/mol. The number of amides is 2. The van der Waals surface area contributed by atoms with Crippen molar-refractivity contribution in [1.29, 1.82) is 0 Å². The zero-order chi connectivity index (χ0) is 18.9. The minimum atomic E-state index is -1.76. The third-order valence-electron chi connectivity index (χ3n) is 2.81. The van der Waals surface area contributed by atoms with Crippen LogP contribution in [0.3, 0.4) is 0 Å². The van der Waals surface area contributed by atoms with Gasteiger partial charge in [0.15, 0.2) is 0 Å². The maximum atomic E-state index is 12.0. The summed E-state index contributed by atoms with van der Waals surface area (Å²) in [7, 11) is 0. The number of rotatable bonds is 11. The van der Waals surface area contributed by atoms with E-state index in [4.69, 9.17) is 26.2 Å². The third kappa shape index (κ3) is 8.05. The first kappa shape index (κ1) is 21.3. The van der Waals surface area contributed by atoms with E-state index < -0.39 is 67.3 Å². The molecule has 12 heteroatoms. The number of carbonyl (C=O) groups excluding carboxylic acids is 2. The first-order valence-electron chi connectivity index (χ1n) is 6.72. The maximum Gasteiger partial charge on any atom is 0.326 e. The monoisotopic (exact) mass is 349 g/mol. The Labute approximate surface area is 135 Å². The van der Waals surface area contributed by atoms with Crippen LogP contribution in [0.5, 0.6) is 0 Å². The zero-order valence-corrected chi connectivity index (χ0v) is 12.5. The molecule has 0 aliphatic rings. The molecule has 2 amide bonds. The van der Waals surface area contributed by atoms with Gasteiger partial charge in [0, 0.05) is 6.42 Å². The van der Waals surface area contributed by atoms with E-state index in [2.05, 4.69) is 5.32 Å². The lowest BCUT2D eigenvalue weighted by Gasteiger charge is -2.21. The van der Waals surface area contributed by atoms with Crippen LogP contribution in [0.1, 0.15) is 19.3 Å². The molecule has 0 fully saturated rings. The summed E-state index contributed by atoms with van der Waals surface area (Å²) >= 11 is 0. The molecule has 0 bridgehead atoms. The Balaban J connectivity index is 5.05. The van der Waals surface area contributed by atoms with Crippen molar-refractivity contribution in [2.45, 2.75) is 37.4 Å². The predicted molar refractivity (Wildman–Crippen MR) is 75.7 cm³/mol. The van der Waals surface area contributed by atoms with Crippen LogP contribution in [0.4, 0.5) is 0 Å². The van der Waals surface area contributed by atoms with E-state index in [1.165, 1.54) is 0 Å². The van der Waals surface area contributed by atoms with E-state index in [0.29, 0.717) is 0 Å². The smallest absolute Gasteiger partial charge is 0.326 e. The van der Waals surface area contributed by atoms with E-state index >= 15 is 0 Å². The van der Waals surface area contributed by atoms with Crippen molar-refractivity contribution in [2.75, 3.05) is 6.61 Å². The fourth-order valence-electron chi connectivity index (χ4n) is 1.55. The van der Waals surface area contributed by atoms with Gasteiger partial charge in [-0.05, 0) is 6.42 Å². The van der Waals surface area contributed by atoms with Crippen LogP contribution < -0.4 is 16.4 Å². The summed E-state index contributed by atoms with van der Waals surface area (Å²) in [5.41, 5.74) is 5.25. The highest BCUT2D eigenvalue weighted by molar-refractivity contribution is 5.93. The molecule has 0 unspecified atom stereocenters. The van der Waals surface area contributed by atoms with Gasteiger partial charge in [-0.1, -0.05) is 0 Å². The second-order valence-corrected chi connectivity index (χ2v) is 4.78. The van der Waals surface area contributed by atoms with Gasteiger partial charge in [0.1, 0.15) is 18.1 Å². The standard InChI is InChI=1S/C12H19N3O9/c13-5(4-16)10(21)14-6(1-2-8(17)18)11(22)15-7(12(23)24)3-9(19)20/h5-7,16H,1-4,13H2,(H,14,21)(H,15,22)(H,17,18)(H,19,20)(H,23,24)/t5-,6-,7-/m0/s1. The first-order valence-corrected chi connectivity index (χ1v) is 6.72. The second-order valence-electron chi connectivity index (χ2n) is 4.78. The molecule has 0 radical (unpaired) electrons. The van der Waals surface area contributed by atoms with Gasteiger partial charge >= 0.3 is 17.9 Å². The average Bonchev–Trinajstić information content (AvgIpc) is 2.48. The second kappa shape index (κ2) is 10.1. The van der Waals surface area contributed by atoms with Gasteiger partial charge in [-0.2, -0.15) is 0 Å². The van der Waals surface area contributed by atoms with Crippen LogP contribution in [0.25, 0.3) is 0 Å². The topological polar surface area (TPSA) is 216 Å².